The number of primary amides is 1. The molecule has 392 valence electrons. The lowest BCUT2D eigenvalue weighted by molar-refractivity contribution is -0.132. The van der Waals surface area contributed by atoms with Crippen LogP contribution >= 0.6 is 0 Å². The standard InChI is InChI=1S/C55H75N11O7/c1-36-30-42(67)31-37(2)43(36)35-44(56)51(70)63-46(20-12-25-61-55(58)59)54(73)65-48(34-40-18-10-5-11-19-40)52(71)60-26-22-49(68)62-45(53(72)64-47(50(57)69)33-39-16-8-4-9-17-39)21-13-27-66-28-23-41(24-29-66)32-38-14-6-3-7-15-38/h3-11,14-19,30-31,41,44-48,67H,12-13,20-29,32-35,56H2,1-2H3,(H2,57,69)(H,60,71)(H,62,68)(H,63,70)(H,64,72)(H,65,73)(H4,58,59,61)/t44-,45-,46+,47-,48-/m0/s1. The zero-order valence-electron chi connectivity index (χ0n) is 42.2. The van der Waals surface area contributed by atoms with E-state index in [0.29, 0.717) is 25.2 Å². The molecule has 1 heterocycles. The van der Waals surface area contributed by atoms with E-state index in [1.54, 1.807) is 24.3 Å². The number of rotatable bonds is 28. The molecule has 0 unspecified atom stereocenters. The Morgan fingerprint density at radius 1 is 0.644 bits per heavy atom. The predicted molar refractivity (Wildman–Crippen MR) is 283 cm³/mol. The van der Waals surface area contributed by atoms with Gasteiger partial charge in [-0.05, 0) is 136 Å². The number of hydrogen-bond donors (Lipinski definition) is 10. The number of benzene rings is 4. The van der Waals surface area contributed by atoms with Gasteiger partial charge in [0.25, 0.3) is 0 Å². The number of phenolic OH excluding ortho intramolecular Hbond substituents is 1. The molecule has 0 aliphatic carbocycles. The van der Waals surface area contributed by atoms with Crippen LogP contribution in [0.4, 0.5) is 0 Å². The summed E-state index contributed by atoms with van der Waals surface area (Å²) in [5.41, 5.74) is 28.4. The van der Waals surface area contributed by atoms with Gasteiger partial charge in [0.15, 0.2) is 5.96 Å². The molecular weight excluding hydrogens is 927 g/mol. The van der Waals surface area contributed by atoms with Crippen molar-refractivity contribution in [1.29, 1.82) is 0 Å². The number of aryl methyl sites for hydroxylation is 2. The van der Waals surface area contributed by atoms with Gasteiger partial charge >= 0.3 is 0 Å². The number of amides is 6. The van der Waals surface area contributed by atoms with Crippen LogP contribution in [0.25, 0.3) is 0 Å². The van der Waals surface area contributed by atoms with E-state index in [9.17, 15) is 33.9 Å². The average molecular weight is 1000 g/mol. The van der Waals surface area contributed by atoms with Crippen molar-refractivity contribution in [2.75, 3.05) is 32.7 Å². The average Bonchev–Trinajstić information content (AvgIpc) is 3.36. The highest BCUT2D eigenvalue weighted by molar-refractivity contribution is 5.94. The third-order valence-corrected chi connectivity index (χ3v) is 13.2. The fourth-order valence-electron chi connectivity index (χ4n) is 9.17. The molecule has 73 heavy (non-hydrogen) atoms. The van der Waals surface area contributed by atoms with Gasteiger partial charge in [-0.2, -0.15) is 0 Å². The fraction of sp³-hybridized carbons (Fsp3) is 0.436. The number of aromatic hydroxyl groups is 1. The zero-order chi connectivity index (χ0) is 52.7. The topological polar surface area (TPSA) is 302 Å². The molecule has 18 heteroatoms. The van der Waals surface area contributed by atoms with Crippen LogP contribution in [0.5, 0.6) is 5.75 Å². The first-order valence-corrected chi connectivity index (χ1v) is 25.3. The van der Waals surface area contributed by atoms with Gasteiger partial charge in [0.1, 0.15) is 29.9 Å². The van der Waals surface area contributed by atoms with Crippen molar-refractivity contribution >= 4 is 41.4 Å². The quantitative estimate of drug-likeness (QED) is 0.0223. The highest BCUT2D eigenvalue weighted by Gasteiger charge is 2.30. The van der Waals surface area contributed by atoms with Crippen LogP contribution in [-0.4, -0.2) is 114 Å². The van der Waals surface area contributed by atoms with Crippen LogP contribution in [0.1, 0.15) is 78.3 Å². The molecule has 14 N–H and O–H groups in total. The summed E-state index contributed by atoms with van der Waals surface area (Å²) in [7, 11) is 0. The number of nitrogens with two attached hydrogens (primary N) is 4. The van der Waals surface area contributed by atoms with E-state index in [0.717, 1.165) is 66.7 Å². The number of likely N-dealkylation sites (tertiary alicyclic amines) is 1. The third kappa shape index (κ3) is 19.7. The highest BCUT2D eigenvalue weighted by atomic mass is 16.3. The summed E-state index contributed by atoms with van der Waals surface area (Å²) in [6.07, 6.45) is 4.64. The molecule has 0 aromatic heterocycles. The number of nitrogens with one attached hydrogen (secondary N) is 5. The molecule has 4 aromatic rings. The number of carbonyl (C=O) groups is 6. The molecule has 1 fully saturated rings. The van der Waals surface area contributed by atoms with E-state index in [4.69, 9.17) is 22.9 Å². The summed E-state index contributed by atoms with van der Waals surface area (Å²) >= 11 is 0. The maximum Gasteiger partial charge on any atom is 0.243 e. The molecular formula is C55H75N11O7. The highest BCUT2D eigenvalue weighted by Crippen LogP contribution is 2.23. The van der Waals surface area contributed by atoms with E-state index in [-0.39, 0.29) is 56.9 Å². The molecule has 0 bridgehead atoms. The molecule has 6 amide bonds. The zero-order valence-corrected chi connectivity index (χ0v) is 42.2. The van der Waals surface area contributed by atoms with E-state index < -0.39 is 65.7 Å². The maximum atomic E-state index is 14.1. The first-order valence-electron chi connectivity index (χ1n) is 25.3. The summed E-state index contributed by atoms with van der Waals surface area (Å²) < 4.78 is 0. The Morgan fingerprint density at radius 3 is 1.71 bits per heavy atom. The van der Waals surface area contributed by atoms with Crippen molar-refractivity contribution in [3.8, 4) is 5.75 Å². The van der Waals surface area contributed by atoms with E-state index in [1.165, 1.54) is 5.56 Å². The molecule has 0 saturated carbocycles. The summed E-state index contributed by atoms with van der Waals surface area (Å²) in [6, 6.07) is 26.5. The van der Waals surface area contributed by atoms with E-state index in [2.05, 4.69) is 60.7 Å². The number of piperidine rings is 1. The van der Waals surface area contributed by atoms with E-state index in [1.807, 2.05) is 68.4 Å². The van der Waals surface area contributed by atoms with Gasteiger partial charge in [-0.15, -0.1) is 0 Å². The Kier molecular flexibility index (Phi) is 22.7. The Labute approximate surface area is 428 Å². The van der Waals surface area contributed by atoms with Gasteiger partial charge in [0.05, 0.1) is 6.04 Å². The number of carbonyl (C=O) groups excluding carboxylic acids is 6. The number of hydrogen-bond acceptors (Lipinski definition) is 10. The minimum atomic E-state index is -1.14. The lowest BCUT2D eigenvalue weighted by Gasteiger charge is -2.32. The van der Waals surface area contributed by atoms with Crippen molar-refractivity contribution < 1.29 is 33.9 Å². The van der Waals surface area contributed by atoms with Crippen molar-refractivity contribution in [3.05, 3.63) is 137 Å². The first kappa shape index (κ1) is 56.6. The number of phenols is 1. The largest absolute Gasteiger partial charge is 0.508 e. The van der Waals surface area contributed by atoms with Crippen LogP contribution in [0, 0.1) is 19.8 Å². The molecule has 5 rings (SSSR count). The third-order valence-electron chi connectivity index (χ3n) is 13.2. The second-order valence-corrected chi connectivity index (χ2v) is 19.1. The Balaban J connectivity index is 1.22. The van der Waals surface area contributed by atoms with E-state index >= 15 is 0 Å². The number of guanidine groups is 1. The van der Waals surface area contributed by atoms with Gasteiger partial charge in [0, 0.05) is 32.4 Å². The molecule has 5 atom stereocenters. The van der Waals surface area contributed by atoms with Gasteiger partial charge in [-0.3, -0.25) is 33.8 Å². The normalized spacial score (nSPS) is 14.8. The van der Waals surface area contributed by atoms with Crippen LogP contribution in [-0.2, 0) is 54.5 Å². The summed E-state index contributed by atoms with van der Waals surface area (Å²) in [5, 5.41) is 24.0. The maximum absolute atomic E-state index is 14.1. The van der Waals surface area contributed by atoms with Gasteiger partial charge in [-0.25, -0.2) is 0 Å². The van der Waals surface area contributed by atoms with Crippen molar-refractivity contribution in [3.63, 3.8) is 0 Å². The molecule has 4 aromatic carbocycles. The molecule has 0 spiro atoms. The second kappa shape index (κ2) is 29.3. The van der Waals surface area contributed by atoms with Gasteiger partial charge < -0.3 is 59.5 Å². The lowest BCUT2D eigenvalue weighted by Crippen LogP contribution is -2.56. The predicted octanol–water partition coefficient (Wildman–Crippen LogP) is 2.08. The molecule has 18 nitrogen and oxygen atoms in total. The Hall–Kier alpha value is -7.31. The van der Waals surface area contributed by atoms with Crippen molar-refractivity contribution in [2.45, 2.75) is 115 Å². The van der Waals surface area contributed by atoms with Gasteiger partial charge in [0.2, 0.25) is 35.4 Å². The minimum absolute atomic E-state index is 0.0785. The molecule has 1 saturated heterocycles. The van der Waals surface area contributed by atoms with Crippen molar-refractivity contribution in [2.24, 2.45) is 33.8 Å². The number of nitrogens with zero attached hydrogens (tertiary/aromatic N) is 2. The second-order valence-electron chi connectivity index (χ2n) is 19.1. The minimum Gasteiger partial charge on any atom is -0.508 e. The smallest absolute Gasteiger partial charge is 0.243 e. The number of aliphatic imine (C=N–C) groups is 1. The van der Waals surface area contributed by atoms with Crippen molar-refractivity contribution in [1.82, 2.24) is 31.5 Å². The van der Waals surface area contributed by atoms with Crippen LogP contribution < -0.4 is 49.5 Å². The molecule has 0 radical (unpaired) electrons. The van der Waals surface area contributed by atoms with Gasteiger partial charge in [-0.1, -0.05) is 91.0 Å². The molecule has 1 aliphatic heterocycles. The lowest BCUT2D eigenvalue weighted by atomic mass is 9.90. The SMILES string of the molecule is Cc1cc(O)cc(C)c1C[C@H](N)C(=O)N[C@H](CCCN=C(N)N)C(=O)N[C@@H](Cc1ccccc1)C(=O)NCCC(=O)N[C@@H](CCCN1CCC(Cc2ccccc2)CC1)C(=O)N[C@@H](Cc1ccccc1)C(N)=O. The monoisotopic (exact) mass is 1000 g/mol. The summed E-state index contributed by atoms with van der Waals surface area (Å²) in [4.78, 5) is 88.1. The van der Waals surface area contributed by atoms with Crippen LogP contribution in [0.3, 0.4) is 0 Å². The fourth-order valence-corrected chi connectivity index (χ4v) is 9.17. The van der Waals surface area contributed by atoms with Crippen LogP contribution in [0.2, 0.25) is 0 Å². The summed E-state index contributed by atoms with van der Waals surface area (Å²) in [6.45, 7) is 6.23. The molecule has 1 aliphatic rings. The Morgan fingerprint density at radius 2 is 1.15 bits per heavy atom. The summed E-state index contributed by atoms with van der Waals surface area (Å²) in [5.74, 6) is -3.04. The Bertz CT molecular complexity index is 2420. The first-order chi connectivity index (χ1) is 35.0. The van der Waals surface area contributed by atoms with Crippen LogP contribution in [0.15, 0.2) is 108 Å².